The van der Waals surface area contributed by atoms with Crippen molar-refractivity contribution in [1.29, 1.82) is 0 Å². The summed E-state index contributed by atoms with van der Waals surface area (Å²) in [6, 6.07) is 13.6. The molecule has 1 aromatic heterocycles. The van der Waals surface area contributed by atoms with Crippen LogP contribution in [0.25, 0.3) is 11.1 Å². The Bertz CT molecular complexity index is 1060. The molecule has 3 aromatic rings. The Morgan fingerprint density at radius 1 is 1.11 bits per heavy atom. The van der Waals surface area contributed by atoms with Gasteiger partial charge in [-0.25, -0.2) is 0 Å². The molecule has 0 atom stereocenters. The second kappa shape index (κ2) is 8.48. The molecule has 0 bridgehead atoms. The summed E-state index contributed by atoms with van der Waals surface area (Å²) in [7, 11) is 1.46. The molecule has 0 aliphatic rings. The minimum absolute atomic E-state index is 0.123. The Morgan fingerprint density at radius 2 is 1.79 bits per heavy atom. The van der Waals surface area contributed by atoms with Crippen molar-refractivity contribution >= 4 is 28.0 Å². The first-order chi connectivity index (χ1) is 13.5. The number of ketones is 1. The first-order valence-corrected chi connectivity index (χ1v) is 9.62. The van der Waals surface area contributed by atoms with Crippen molar-refractivity contribution in [2.45, 2.75) is 20.3 Å². The summed E-state index contributed by atoms with van der Waals surface area (Å²) in [5.41, 5.74) is 6.01. The predicted octanol–water partition coefficient (Wildman–Crippen LogP) is 5.37. The normalized spacial score (nSPS) is 10.6. The number of carbonyl (C=O) groups excluding carboxylic acids is 2. The van der Waals surface area contributed by atoms with Crippen molar-refractivity contribution in [3.63, 3.8) is 0 Å². The molecule has 5 heteroatoms. The van der Waals surface area contributed by atoms with Gasteiger partial charge in [-0.1, -0.05) is 46.3 Å². The van der Waals surface area contributed by atoms with E-state index in [1.165, 1.54) is 19.4 Å². The van der Waals surface area contributed by atoms with Gasteiger partial charge in [0.1, 0.15) is 11.4 Å². The number of ether oxygens (including phenoxy) is 1. The number of rotatable bonds is 6. The molecule has 2 aromatic carbocycles. The van der Waals surface area contributed by atoms with Crippen LogP contribution in [-0.2, 0) is 6.42 Å². The lowest BCUT2D eigenvalue weighted by atomic mass is 9.91. The first-order valence-electron chi connectivity index (χ1n) is 8.82. The molecule has 0 fully saturated rings. The number of aldehydes is 1. The Morgan fingerprint density at radius 3 is 2.46 bits per heavy atom. The maximum Gasteiger partial charge on any atom is 0.185 e. The van der Waals surface area contributed by atoms with Crippen LogP contribution in [0.1, 0.15) is 37.5 Å². The zero-order valence-electron chi connectivity index (χ0n) is 16.0. The molecule has 0 radical (unpaired) electrons. The number of nitrogens with zero attached hydrogens (tertiary/aromatic N) is 1. The summed E-state index contributed by atoms with van der Waals surface area (Å²) < 4.78 is 6.23. The molecule has 0 amide bonds. The third kappa shape index (κ3) is 3.90. The number of methoxy groups -OCH3 is 1. The summed E-state index contributed by atoms with van der Waals surface area (Å²) >= 11 is 3.58. The van der Waals surface area contributed by atoms with Crippen LogP contribution in [-0.4, -0.2) is 24.2 Å². The van der Waals surface area contributed by atoms with Crippen molar-refractivity contribution < 1.29 is 14.3 Å². The Labute approximate surface area is 172 Å². The number of aromatic nitrogens is 1. The van der Waals surface area contributed by atoms with Gasteiger partial charge in [-0.15, -0.1) is 0 Å². The van der Waals surface area contributed by atoms with Crippen LogP contribution in [0, 0.1) is 13.8 Å². The van der Waals surface area contributed by atoms with E-state index in [1.807, 2.05) is 31.2 Å². The highest BCUT2D eigenvalue weighted by Gasteiger charge is 2.16. The molecular formula is C23H20BrNO3. The lowest BCUT2D eigenvalue weighted by Crippen LogP contribution is -2.09. The lowest BCUT2D eigenvalue weighted by Gasteiger charge is -2.14. The lowest BCUT2D eigenvalue weighted by molar-refractivity contribution is 0.0986. The predicted molar refractivity (Wildman–Crippen MR) is 113 cm³/mol. The smallest absolute Gasteiger partial charge is 0.185 e. The van der Waals surface area contributed by atoms with Gasteiger partial charge in [0.25, 0.3) is 0 Å². The second-order valence-corrected chi connectivity index (χ2v) is 7.39. The fourth-order valence-corrected chi connectivity index (χ4v) is 3.56. The van der Waals surface area contributed by atoms with Gasteiger partial charge in [-0.05, 0) is 47.7 Å². The van der Waals surface area contributed by atoms with E-state index in [0.29, 0.717) is 17.6 Å². The molecule has 0 spiro atoms. The molecule has 0 saturated carbocycles. The van der Waals surface area contributed by atoms with Crippen LogP contribution in [0.3, 0.4) is 0 Å². The van der Waals surface area contributed by atoms with Crippen molar-refractivity contribution in [3.8, 4) is 16.9 Å². The highest BCUT2D eigenvalue weighted by atomic mass is 79.9. The zero-order valence-corrected chi connectivity index (χ0v) is 17.5. The largest absolute Gasteiger partial charge is 0.496 e. The van der Waals surface area contributed by atoms with Gasteiger partial charge < -0.3 is 4.74 Å². The van der Waals surface area contributed by atoms with Crippen molar-refractivity contribution in [3.05, 3.63) is 81.1 Å². The molecule has 0 unspecified atom stereocenters. The van der Waals surface area contributed by atoms with E-state index in [2.05, 4.69) is 40.0 Å². The van der Waals surface area contributed by atoms with E-state index >= 15 is 0 Å². The van der Waals surface area contributed by atoms with E-state index in [-0.39, 0.29) is 17.9 Å². The van der Waals surface area contributed by atoms with Gasteiger partial charge in [0.2, 0.25) is 0 Å². The van der Waals surface area contributed by atoms with E-state index < -0.39 is 0 Å². The summed E-state index contributed by atoms with van der Waals surface area (Å²) in [6.45, 7) is 4.10. The average molecular weight is 438 g/mol. The number of carbonyl (C=O) groups is 2. The topological polar surface area (TPSA) is 56.3 Å². The van der Waals surface area contributed by atoms with Crippen LogP contribution in [0.5, 0.6) is 5.75 Å². The Kier molecular flexibility index (Phi) is 6.05. The maximum atomic E-state index is 12.8. The van der Waals surface area contributed by atoms with Gasteiger partial charge in [0.15, 0.2) is 12.1 Å². The third-order valence-corrected chi connectivity index (χ3v) is 5.74. The SMILES string of the molecule is COc1cc(C(=O)Cc2cccc(-c3cccc(Br)c3C)c2C)ncc1C=O. The van der Waals surface area contributed by atoms with Crippen molar-refractivity contribution in [2.24, 2.45) is 0 Å². The third-order valence-electron chi connectivity index (χ3n) is 4.88. The quantitative estimate of drug-likeness (QED) is 0.383. The minimum Gasteiger partial charge on any atom is -0.496 e. The number of hydrogen-bond acceptors (Lipinski definition) is 4. The maximum absolute atomic E-state index is 12.8. The van der Waals surface area contributed by atoms with Gasteiger partial charge in [0.05, 0.1) is 12.7 Å². The number of pyridine rings is 1. The van der Waals surface area contributed by atoms with E-state index in [1.54, 1.807) is 0 Å². The molecule has 0 N–H and O–H groups in total. The zero-order chi connectivity index (χ0) is 20.3. The number of hydrogen-bond donors (Lipinski definition) is 0. The van der Waals surface area contributed by atoms with Gasteiger partial charge in [0, 0.05) is 23.2 Å². The fraction of sp³-hybridized carbons (Fsp3) is 0.174. The highest BCUT2D eigenvalue weighted by Crippen LogP contribution is 2.32. The molecule has 142 valence electrons. The van der Waals surface area contributed by atoms with Crippen LogP contribution < -0.4 is 4.74 Å². The molecule has 1 heterocycles. The van der Waals surface area contributed by atoms with E-state index in [0.717, 1.165) is 32.3 Å². The summed E-state index contributed by atoms with van der Waals surface area (Å²) in [4.78, 5) is 27.9. The van der Waals surface area contributed by atoms with Crippen molar-refractivity contribution in [2.75, 3.05) is 7.11 Å². The molecule has 0 saturated heterocycles. The van der Waals surface area contributed by atoms with Crippen LogP contribution >= 0.6 is 15.9 Å². The average Bonchev–Trinajstić information content (AvgIpc) is 2.71. The monoisotopic (exact) mass is 437 g/mol. The van der Waals surface area contributed by atoms with Crippen LogP contribution in [0.15, 0.2) is 53.1 Å². The van der Waals surface area contributed by atoms with Crippen molar-refractivity contribution in [1.82, 2.24) is 4.98 Å². The Balaban J connectivity index is 1.94. The van der Waals surface area contributed by atoms with Gasteiger partial charge >= 0.3 is 0 Å². The molecule has 3 rings (SSSR count). The summed E-state index contributed by atoms with van der Waals surface area (Å²) in [5.74, 6) is 0.227. The van der Waals surface area contributed by atoms with E-state index in [9.17, 15) is 9.59 Å². The number of halogens is 1. The minimum atomic E-state index is -0.123. The van der Waals surface area contributed by atoms with Gasteiger partial charge in [-0.2, -0.15) is 0 Å². The molecule has 0 aliphatic heterocycles. The second-order valence-electron chi connectivity index (χ2n) is 6.53. The fourth-order valence-electron chi connectivity index (χ4n) is 3.19. The molecule has 28 heavy (non-hydrogen) atoms. The number of benzene rings is 2. The van der Waals surface area contributed by atoms with E-state index in [4.69, 9.17) is 4.74 Å². The van der Waals surface area contributed by atoms with Gasteiger partial charge in [-0.3, -0.25) is 14.6 Å². The van der Waals surface area contributed by atoms with Crippen LogP contribution in [0.4, 0.5) is 0 Å². The molecular weight excluding hydrogens is 418 g/mol. The first kappa shape index (κ1) is 20.0. The highest BCUT2D eigenvalue weighted by molar-refractivity contribution is 9.10. The summed E-state index contributed by atoms with van der Waals surface area (Å²) in [6.07, 6.45) is 2.25. The summed E-state index contributed by atoms with van der Waals surface area (Å²) in [5, 5.41) is 0. The Hall–Kier alpha value is -2.79. The standard InChI is InChI=1S/C23H20BrNO3/c1-14-16(6-4-7-18(14)19-8-5-9-20(24)15(19)2)10-22(27)21-11-23(28-3)17(13-26)12-25-21/h4-9,11-13H,10H2,1-3H3. The van der Waals surface area contributed by atoms with Crippen LogP contribution in [0.2, 0.25) is 0 Å². The molecule has 4 nitrogen and oxygen atoms in total. The molecule has 0 aliphatic carbocycles. The number of Topliss-reactive ketones (excluding diaryl/α,β-unsaturated/α-hetero) is 1.